The average Bonchev–Trinajstić information content (AvgIpc) is 3.21. The van der Waals surface area contributed by atoms with Crippen LogP contribution in [0, 0.1) is 6.92 Å². The van der Waals surface area contributed by atoms with E-state index in [-0.39, 0.29) is 28.6 Å². The molecule has 0 saturated heterocycles. The van der Waals surface area contributed by atoms with Gasteiger partial charge in [-0.1, -0.05) is 18.2 Å². The van der Waals surface area contributed by atoms with Crippen LogP contribution in [0.2, 0.25) is 0 Å². The normalized spacial score (nSPS) is 14.7. The molecule has 0 fully saturated rings. The number of pyridine rings is 2. The summed E-state index contributed by atoms with van der Waals surface area (Å²) in [4.78, 5) is 17.7. The monoisotopic (exact) mass is 452 g/mol. The van der Waals surface area contributed by atoms with Gasteiger partial charge in [0.2, 0.25) is 0 Å². The number of aryl methyl sites for hydroxylation is 1. The number of nitrogens with one attached hydrogen (secondary N) is 1. The maximum Gasteiger partial charge on any atom is 0.286 e. The molecule has 3 aromatic heterocycles. The highest BCUT2D eigenvalue weighted by atomic mass is 32.2. The summed E-state index contributed by atoms with van der Waals surface area (Å²) in [6.45, 7) is 2.12. The van der Waals surface area contributed by atoms with E-state index in [1.54, 1.807) is 42.0 Å². The predicted octanol–water partition coefficient (Wildman–Crippen LogP) is 3.08. The van der Waals surface area contributed by atoms with Crippen LogP contribution in [0.15, 0.2) is 68.3 Å². The molecular formula is C21H16N4O4S2. The summed E-state index contributed by atoms with van der Waals surface area (Å²) in [7, 11) is -4.03. The van der Waals surface area contributed by atoms with E-state index >= 15 is 0 Å². The number of nitrogens with zero attached hydrogens (tertiary/aromatic N) is 3. The van der Waals surface area contributed by atoms with E-state index in [9.17, 15) is 18.3 Å². The Morgan fingerprint density at radius 1 is 1.19 bits per heavy atom. The number of benzene rings is 1. The van der Waals surface area contributed by atoms with Crippen molar-refractivity contribution in [2.45, 2.75) is 18.4 Å². The SMILES string of the molecule is Cc1cncc(Cn2c(=O)c(C3=NS(=O)(=O)c4ccccc4N3)c(O)c3sccc32)c1. The van der Waals surface area contributed by atoms with Gasteiger partial charge in [-0.05, 0) is 41.6 Å². The van der Waals surface area contributed by atoms with Gasteiger partial charge in [0.05, 0.1) is 22.4 Å². The Morgan fingerprint density at radius 3 is 2.81 bits per heavy atom. The third kappa shape index (κ3) is 3.20. The molecule has 31 heavy (non-hydrogen) atoms. The fraction of sp³-hybridized carbons (Fsp3) is 0.0952. The maximum atomic E-state index is 13.5. The lowest BCUT2D eigenvalue weighted by atomic mass is 10.1. The van der Waals surface area contributed by atoms with Gasteiger partial charge in [0.15, 0.2) is 11.6 Å². The quantitative estimate of drug-likeness (QED) is 0.494. The third-order valence-corrected chi connectivity index (χ3v) is 7.23. The van der Waals surface area contributed by atoms with Crippen molar-refractivity contribution in [2.24, 2.45) is 4.40 Å². The molecule has 0 bridgehead atoms. The predicted molar refractivity (Wildman–Crippen MR) is 120 cm³/mol. The van der Waals surface area contributed by atoms with E-state index in [2.05, 4.69) is 14.7 Å². The number of aromatic hydroxyl groups is 1. The van der Waals surface area contributed by atoms with Crippen LogP contribution < -0.4 is 10.9 Å². The van der Waals surface area contributed by atoms with E-state index in [1.165, 1.54) is 22.0 Å². The molecule has 0 unspecified atom stereocenters. The number of hydrogen-bond donors (Lipinski definition) is 2. The highest BCUT2D eigenvalue weighted by molar-refractivity contribution is 7.90. The summed E-state index contributed by atoms with van der Waals surface area (Å²) in [5.74, 6) is -0.498. The molecule has 156 valence electrons. The molecule has 0 spiro atoms. The number of aromatic nitrogens is 2. The van der Waals surface area contributed by atoms with E-state index in [1.807, 2.05) is 13.0 Å². The first-order valence-corrected chi connectivity index (χ1v) is 11.6. The van der Waals surface area contributed by atoms with Crippen molar-refractivity contribution in [1.29, 1.82) is 0 Å². The van der Waals surface area contributed by atoms with Crippen LogP contribution in [0.3, 0.4) is 0 Å². The number of fused-ring (bicyclic) bond motifs is 2. The molecule has 0 atom stereocenters. The molecule has 0 saturated carbocycles. The Hall–Kier alpha value is -3.50. The van der Waals surface area contributed by atoms with Crippen molar-refractivity contribution in [3.05, 3.63) is 81.2 Å². The Balaban J connectivity index is 1.74. The first kappa shape index (κ1) is 19.5. The van der Waals surface area contributed by atoms with E-state index < -0.39 is 15.6 Å². The molecule has 1 aromatic carbocycles. The summed E-state index contributed by atoms with van der Waals surface area (Å²) in [6, 6.07) is 9.95. The number of rotatable bonds is 3. The summed E-state index contributed by atoms with van der Waals surface area (Å²) in [6.07, 6.45) is 3.39. The highest BCUT2D eigenvalue weighted by Crippen LogP contribution is 2.34. The maximum absolute atomic E-state index is 13.5. The smallest absolute Gasteiger partial charge is 0.286 e. The summed E-state index contributed by atoms with van der Waals surface area (Å²) in [5.41, 5.74) is 1.87. The van der Waals surface area contributed by atoms with Crippen molar-refractivity contribution in [1.82, 2.24) is 9.55 Å². The molecule has 1 aliphatic rings. The molecule has 5 rings (SSSR count). The number of anilines is 1. The topological polar surface area (TPSA) is 114 Å². The van der Waals surface area contributed by atoms with Crippen molar-refractivity contribution in [2.75, 3.05) is 5.32 Å². The summed E-state index contributed by atoms with van der Waals surface area (Å²) >= 11 is 1.26. The fourth-order valence-corrected chi connectivity index (χ4v) is 5.60. The van der Waals surface area contributed by atoms with Crippen molar-refractivity contribution < 1.29 is 13.5 Å². The zero-order valence-corrected chi connectivity index (χ0v) is 17.9. The second-order valence-electron chi connectivity index (χ2n) is 7.16. The van der Waals surface area contributed by atoms with E-state index in [0.29, 0.717) is 15.9 Å². The number of amidine groups is 1. The molecule has 0 aliphatic carbocycles. The van der Waals surface area contributed by atoms with Crippen LogP contribution in [0.5, 0.6) is 5.75 Å². The van der Waals surface area contributed by atoms with Gasteiger partial charge < -0.3 is 15.0 Å². The first-order chi connectivity index (χ1) is 14.8. The third-order valence-electron chi connectivity index (χ3n) is 4.98. The molecular weight excluding hydrogens is 436 g/mol. The lowest BCUT2D eigenvalue weighted by molar-refractivity contribution is 0.479. The van der Waals surface area contributed by atoms with Gasteiger partial charge in [-0.3, -0.25) is 9.78 Å². The van der Waals surface area contributed by atoms with Crippen LogP contribution in [0.25, 0.3) is 10.2 Å². The number of thiophene rings is 1. The zero-order valence-electron chi connectivity index (χ0n) is 16.2. The van der Waals surface area contributed by atoms with Gasteiger partial charge in [0.1, 0.15) is 10.5 Å². The van der Waals surface area contributed by atoms with Gasteiger partial charge in [0, 0.05) is 12.4 Å². The first-order valence-electron chi connectivity index (χ1n) is 9.30. The molecule has 1 aliphatic heterocycles. The van der Waals surface area contributed by atoms with Crippen molar-refractivity contribution in [3.8, 4) is 5.75 Å². The summed E-state index contributed by atoms with van der Waals surface area (Å²) in [5, 5.41) is 15.6. The Bertz CT molecular complexity index is 1550. The van der Waals surface area contributed by atoms with Crippen molar-refractivity contribution >= 4 is 43.1 Å². The molecule has 0 radical (unpaired) electrons. The minimum absolute atomic E-state index is 0.0154. The average molecular weight is 453 g/mol. The molecule has 8 nitrogen and oxygen atoms in total. The fourth-order valence-electron chi connectivity index (χ4n) is 3.63. The van der Waals surface area contributed by atoms with Crippen LogP contribution in [0.4, 0.5) is 5.69 Å². The summed E-state index contributed by atoms with van der Waals surface area (Å²) < 4.78 is 31.1. The Kier molecular flexibility index (Phi) is 4.42. The number of sulfonamides is 1. The molecule has 0 amide bonds. The van der Waals surface area contributed by atoms with Crippen LogP contribution >= 0.6 is 11.3 Å². The molecule has 4 aromatic rings. The number of para-hydroxylation sites is 1. The van der Waals surface area contributed by atoms with Gasteiger partial charge in [-0.15, -0.1) is 15.7 Å². The lowest BCUT2D eigenvalue weighted by Gasteiger charge is -2.19. The van der Waals surface area contributed by atoms with Gasteiger partial charge in [0.25, 0.3) is 15.6 Å². The van der Waals surface area contributed by atoms with Gasteiger partial charge in [-0.2, -0.15) is 8.42 Å². The minimum Gasteiger partial charge on any atom is -0.505 e. The second-order valence-corrected chi connectivity index (χ2v) is 9.65. The number of hydrogen-bond acceptors (Lipinski definition) is 7. The largest absolute Gasteiger partial charge is 0.505 e. The molecule has 10 heteroatoms. The second kappa shape index (κ2) is 7.03. The van der Waals surface area contributed by atoms with Gasteiger partial charge >= 0.3 is 0 Å². The minimum atomic E-state index is -4.03. The van der Waals surface area contributed by atoms with Crippen LogP contribution in [-0.2, 0) is 16.6 Å². The lowest BCUT2D eigenvalue weighted by Crippen LogP contribution is -2.32. The van der Waals surface area contributed by atoms with Crippen molar-refractivity contribution in [3.63, 3.8) is 0 Å². The van der Waals surface area contributed by atoms with Gasteiger partial charge in [-0.25, -0.2) is 0 Å². The molecule has 2 N–H and O–H groups in total. The standard InChI is InChI=1S/C21H16N4O4S2/c1-12-8-13(10-22-9-12)11-25-15-6-7-30-19(15)18(26)17(21(25)27)20-23-14-4-2-3-5-16(14)31(28,29)24-20/h2-10,26H,11H2,1H3,(H,23,24). The van der Waals surface area contributed by atoms with E-state index in [4.69, 9.17) is 0 Å². The Morgan fingerprint density at radius 2 is 2.00 bits per heavy atom. The van der Waals surface area contributed by atoms with Crippen LogP contribution in [0.1, 0.15) is 16.7 Å². The highest BCUT2D eigenvalue weighted by Gasteiger charge is 2.30. The zero-order chi connectivity index (χ0) is 21.8. The van der Waals surface area contributed by atoms with Crippen LogP contribution in [-0.4, -0.2) is 28.9 Å². The van der Waals surface area contributed by atoms with E-state index in [0.717, 1.165) is 11.1 Å². The Labute approximate surface area is 181 Å². The molecule has 4 heterocycles.